The molecule has 35 heavy (non-hydrogen) atoms. The van der Waals surface area contributed by atoms with E-state index in [9.17, 15) is 24.5 Å². The van der Waals surface area contributed by atoms with Gasteiger partial charge < -0.3 is 13.9 Å². The summed E-state index contributed by atoms with van der Waals surface area (Å²) in [5, 5.41) is 11.9. The van der Waals surface area contributed by atoms with Gasteiger partial charge in [0.1, 0.15) is 5.52 Å². The summed E-state index contributed by atoms with van der Waals surface area (Å²) in [6, 6.07) is 7.50. The molecule has 0 atom stereocenters. The van der Waals surface area contributed by atoms with E-state index in [-0.39, 0.29) is 22.6 Å². The Morgan fingerprint density at radius 1 is 1.06 bits per heavy atom. The van der Waals surface area contributed by atoms with Gasteiger partial charge >= 0.3 is 23.3 Å². The van der Waals surface area contributed by atoms with Gasteiger partial charge in [0.15, 0.2) is 17.0 Å². The summed E-state index contributed by atoms with van der Waals surface area (Å²) in [6.45, 7) is 8.29. The van der Waals surface area contributed by atoms with Crippen molar-refractivity contribution in [1.82, 2.24) is 4.98 Å². The molecule has 0 amide bonds. The SMILES string of the molecule is CCCc1ccc2oc(=O)c(-c3cc(OC(=O)C(C)C)c(OC(=O)C(C)C)c([N+](=O)[O-])c3)nc2c1. The Morgan fingerprint density at radius 2 is 1.71 bits per heavy atom. The molecule has 0 aliphatic heterocycles. The first-order valence-corrected chi connectivity index (χ1v) is 11.2. The number of hydrogen-bond donors (Lipinski definition) is 0. The minimum atomic E-state index is -0.830. The first kappa shape index (κ1) is 25.5. The third-order valence-electron chi connectivity index (χ3n) is 5.05. The highest BCUT2D eigenvalue weighted by molar-refractivity contribution is 5.83. The normalized spacial score (nSPS) is 11.2. The Kier molecular flexibility index (Phi) is 7.63. The fourth-order valence-corrected chi connectivity index (χ4v) is 3.16. The molecule has 0 radical (unpaired) electrons. The van der Waals surface area contributed by atoms with Crippen LogP contribution < -0.4 is 15.1 Å². The van der Waals surface area contributed by atoms with Crippen LogP contribution in [0.3, 0.4) is 0 Å². The molecule has 1 aromatic heterocycles. The van der Waals surface area contributed by atoms with E-state index in [0.717, 1.165) is 24.5 Å². The second kappa shape index (κ2) is 10.5. The summed E-state index contributed by atoms with van der Waals surface area (Å²) < 4.78 is 16.0. The van der Waals surface area contributed by atoms with Crippen molar-refractivity contribution in [3.8, 4) is 22.8 Å². The summed E-state index contributed by atoms with van der Waals surface area (Å²) in [7, 11) is 0. The van der Waals surface area contributed by atoms with Crippen molar-refractivity contribution in [2.45, 2.75) is 47.5 Å². The summed E-state index contributed by atoms with van der Waals surface area (Å²) >= 11 is 0. The molecule has 0 N–H and O–H groups in total. The van der Waals surface area contributed by atoms with E-state index in [1.54, 1.807) is 39.8 Å². The van der Waals surface area contributed by atoms with Crippen LogP contribution in [0.1, 0.15) is 46.6 Å². The number of nitro benzene ring substituents is 1. The van der Waals surface area contributed by atoms with Crippen LogP contribution in [0.4, 0.5) is 5.69 Å². The first-order valence-electron chi connectivity index (χ1n) is 11.2. The zero-order chi connectivity index (χ0) is 25.9. The van der Waals surface area contributed by atoms with Crippen LogP contribution in [-0.4, -0.2) is 21.8 Å². The van der Waals surface area contributed by atoms with E-state index >= 15 is 0 Å². The van der Waals surface area contributed by atoms with E-state index in [1.807, 2.05) is 13.0 Å². The molecule has 3 rings (SSSR count). The quantitative estimate of drug-likeness (QED) is 0.191. The standard InChI is InChI=1S/C25H26N2O8/c1-6-7-15-8-9-19-17(10-15)26-21(25(30)33-19)16-11-18(27(31)32)22(35-24(29)14(4)5)20(12-16)34-23(28)13(2)3/h8-14H,6-7H2,1-5H3. The fraction of sp³-hybridized carbons (Fsp3) is 0.360. The molecular formula is C25H26N2O8. The second-order valence-corrected chi connectivity index (χ2v) is 8.63. The molecular weight excluding hydrogens is 456 g/mol. The largest absolute Gasteiger partial charge is 0.422 e. The van der Waals surface area contributed by atoms with Gasteiger partial charge in [-0.1, -0.05) is 47.1 Å². The molecule has 0 aliphatic rings. The van der Waals surface area contributed by atoms with E-state index in [0.29, 0.717) is 5.52 Å². The number of carbonyl (C=O) groups is 2. The number of nitrogens with zero attached hydrogens (tertiary/aromatic N) is 2. The van der Waals surface area contributed by atoms with Crippen molar-refractivity contribution in [1.29, 1.82) is 0 Å². The van der Waals surface area contributed by atoms with Crippen LogP contribution >= 0.6 is 0 Å². The van der Waals surface area contributed by atoms with Crippen molar-refractivity contribution in [3.05, 3.63) is 56.4 Å². The van der Waals surface area contributed by atoms with Crippen LogP contribution in [-0.2, 0) is 16.0 Å². The highest BCUT2D eigenvalue weighted by Crippen LogP contribution is 2.41. The number of hydrogen-bond acceptors (Lipinski definition) is 9. The number of nitro groups is 1. The highest BCUT2D eigenvalue weighted by atomic mass is 16.6. The number of carbonyl (C=O) groups excluding carboxylic acids is 2. The zero-order valence-corrected chi connectivity index (χ0v) is 20.1. The summed E-state index contributed by atoms with van der Waals surface area (Å²) in [4.78, 5) is 52.8. The number of rotatable bonds is 8. The number of ether oxygens (including phenoxy) is 2. The van der Waals surface area contributed by atoms with Crippen LogP contribution in [0.15, 0.2) is 39.5 Å². The molecule has 184 valence electrons. The number of fused-ring (bicyclic) bond motifs is 1. The lowest BCUT2D eigenvalue weighted by molar-refractivity contribution is -0.385. The summed E-state index contributed by atoms with van der Waals surface area (Å²) in [5.41, 5.74) is -0.0822. The molecule has 10 heteroatoms. The Morgan fingerprint density at radius 3 is 2.31 bits per heavy atom. The lowest BCUT2D eigenvalue weighted by Gasteiger charge is -2.14. The Bertz CT molecular complexity index is 1360. The topological polar surface area (TPSA) is 139 Å². The fourth-order valence-electron chi connectivity index (χ4n) is 3.16. The van der Waals surface area contributed by atoms with Crippen molar-refractivity contribution >= 4 is 28.7 Å². The van der Waals surface area contributed by atoms with Crippen LogP contribution in [0.25, 0.3) is 22.4 Å². The van der Waals surface area contributed by atoms with Crippen LogP contribution in [0, 0.1) is 22.0 Å². The molecule has 3 aromatic rings. The van der Waals surface area contributed by atoms with Gasteiger partial charge in [0.25, 0.3) is 5.75 Å². The van der Waals surface area contributed by atoms with Crippen LogP contribution in [0.2, 0.25) is 0 Å². The van der Waals surface area contributed by atoms with E-state index in [1.165, 1.54) is 6.07 Å². The van der Waals surface area contributed by atoms with Gasteiger partial charge in [-0.05, 0) is 30.2 Å². The minimum Gasteiger partial charge on any atom is -0.422 e. The summed E-state index contributed by atoms with van der Waals surface area (Å²) in [5.74, 6) is -3.54. The van der Waals surface area contributed by atoms with Gasteiger partial charge in [0.2, 0.25) is 0 Å². The molecule has 2 aromatic carbocycles. The molecule has 0 saturated carbocycles. The minimum absolute atomic E-state index is 0.0239. The van der Waals surface area contributed by atoms with Gasteiger partial charge in [-0.25, -0.2) is 9.78 Å². The van der Waals surface area contributed by atoms with Crippen molar-refractivity contribution in [3.63, 3.8) is 0 Å². The van der Waals surface area contributed by atoms with Gasteiger partial charge in [0.05, 0.1) is 16.8 Å². The maximum absolute atomic E-state index is 12.7. The molecule has 0 saturated heterocycles. The molecule has 0 aliphatic carbocycles. The first-order chi connectivity index (χ1) is 16.5. The predicted octanol–water partition coefficient (Wildman–Crippen LogP) is 4.84. The smallest absolute Gasteiger partial charge is 0.363 e. The maximum Gasteiger partial charge on any atom is 0.363 e. The average Bonchev–Trinajstić information content (AvgIpc) is 2.79. The van der Waals surface area contributed by atoms with Gasteiger partial charge in [-0.3, -0.25) is 19.7 Å². The lowest BCUT2D eigenvalue weighted by atomic mass is 10.1. The van der Waals surface area contributed by atoms with E-state index in [2.05, 4.69) is 4.98 Å². The second-order valence-electron chi connectivity index (χ2n) is 8.63. The average molecular weight is 482 g/mol. The number of esters is 2. The Hall–Kier alpha value is -4.08. The third kappa shape index (κ3) is 5.71. The van der Waals surface area contributed by atoms with E-state index in [4.69, 9.17) is 13.9 Å². The van der Waals surface area contributed by atoms with Crippen LogP contribution in [0.5, 0.6) is 11.5 Å². The molecule has 0 fully saturated rings. The Labute approximate surface area is 201 Å². The number of aryl methyl sites for hydroxylation is 1. The number of aromatic nitrogens is 1. The lowest BCUT2D eigenvalue weighted by Crippen LogP contribution is -2.19. The zero-order valence-electron chi connectivity index (χ0n) is 20.1. The van der Waals surface area contributed by atoms with Crippen molar-refractivity contribution in [2.75, 3.05) is 0 Å². The molecule has 1 heterocycles. The maximum atomic E-state index is 12.7. The Balaban J connectivity index is 2.25. The van der Waals surface area contributed by atoms with Gasteiger partial charge in [0, 0.05) is 11.6 Å². The van der Waals surface area contributed by atoms with Crippen molar-refractivity contribution in [2.24, 2.45) is 11.8 Å². The molecule has 0 bridgehead atoms. The molecule has 0 spiro atoms. The van der Waals surface area contributed by atoms with Gasteiger partial charge in [-0.15, -0.1) is 0 Å². The van der Waals surface area contributed by atoms with Gasteiger partial charge in [-0.2, -0.15) is 0 Å². The molecule has 0 unspecified atom stereocenters. The monoisotopic (exact) mass is 482 g/mol. The molecule has 10 nitrogen and oxygen atoms in total. The number of benzene rings is 2. The predicted molar refractivity (Wildman–Crippen MR) is 127 cm³/mol. The summed E-state index contributed by atoms with van der Waals surface area (Å²) in [6.07, 6.45) is 1.70. The van der Waals surface area contributed by atoms with Crippen molar-refractivity contribution < 1.29 is 28.4 Å². The highest BCUT2D eigenvalue weighted by Gasteiger charge is 2.29. The van der Waals surface area contributed by atoms with E-state index < -0.39 is 45.8 Å². The third-order valence-corrected chi connectivity index (χ3v) is 5.05.